The number of nitrogens with zero attached hydrogens (tertiary/aromatic N) is 4. The minimum Gasteiger partial charge on any atom is -0.378 e. The Balaban J connectivity index is 1.23. The van der Waals surface area contributed by atoms with Crippen LogP contribution in [0.25, 0.3) is 12.2 Å². The van der Waals surface area contributed by atoms with E-state index in [2.05, 4.69) is 181 Å². The first kappa shape index (κ1) is 26.6. The first-order valence-electron chi connectivity index (χ1n) is 13.0. The molecule has 0 radical (unpaired) electrons. The molecule has 0 saturated carbocycles. The Hall–Kier alpha value is -4.44. The van der Waals surface area contributed by atoms with Crippen molar-refractivity contribution in [1.82, 2.24) is 0 Å². The summed E-state index contributed by atoms with van der Waals surface area (Å²) in [5, 5.41) is 0. The molecule has 0 fully saturated rings. The van der Waals surface area contributed by atoms with Crippen LogP contribution in [0.15, 0.2) is 122 Å². The Bertz CT molecular complexity index is 1250. The summed E-state index contributed by atoms with van der Waals surface area (Å²) in [7, 11) is 8.25. The van der Waals surface area contributed by atoms with Crippen molar-refractivity contribution in [3.8, 4) is 0 Å². The van der Waals surface area contributed by atoms with Crippen LogP contribution in [0.3, 0.4) is 0 Å². The van der Waals surface area contributed by atoms with Gasteiger partial charge in [-0.25, -0.2) is 9.13 Å². The van der Waals surface area contributed by atoms with E-state index < -0.39 is 0 Å². The number of hydrogen-bond acceptors (Lipinski definition) is 2. The van der Waals surface area contributed by atoms with Crippen LogP contribution >= 0.6 is 0 Å². The maximum atomic E-state index is 2.20. The highest BCUT2D eigenvalue weighted by Gasteiger charge is 2.04. The van der Waals surface area contributed by atoms with Crippen LogP contribution in [-0.4, -0.2) is 28.2 Å². The van der Waals surface area contributed by atoms with Gasteiger partial charge < -0.3 is 9.80 Å². The van der Waals surface area contributed by atoms with Crippen LogP contribution in [0.1, 0.15) is 22.3 Å². The Labute approximate surface area is 227 Å². The molecule has 0 N–H and O–H groups in total. The molecule has 0 amide bonds. The summed E-state index contributed by atoms with van der Waals surface area (Å²) in [6.45, 7) is 1.73. The molecule has 0 aliphatic rings. The minimum atomic E-state index is 0.867. The molecule has 0 atom stereocenters. The number of pyridine rings is 2. The fourth-order valence-corrected chi connectivity index (χ4v) is 4.05. The minimum absolute atomic E-state index is 0.867. The predicted molar refractivity (Wildman–Crippen MR) is 160 cm³/mol. The second-order valence-electron chi connectivity index (χ2n) is 9.83. The molecule has 38 heavy (non-hydrogen) atoms. The summed E-state index contributed by atoms with van der Waals surface area (Å²) < 4.78 is 4.40. The molecule has 4 heteroatoms. The summed E-state index contributed by atoms with van der Waals surface area (Å²) in [6.07, 6.45) is 21.0. The van der Waals surface area contributed by atoms with Crippen molar-refractivity contribution in [2.75, 3.05) is 38.0 Å². The van der Waals surface area contributed by atoms with E-state index in [9.17, 15) is 0 Å². The van der Waals surface area contributed by atoms with E-state index in [0.29, 0.717) is 0 Å². The molecule has 0 saturated heterocycles. The van der Waals surface area contributed by atoms with E-state index in [0.717, 1.165) is 13.1 Å². The Morgan fingerprint density at radius 2 is 0.816 bits per heavy atom. The van der Waals surface area contributed by atoms with Gasteiger partial charge in [-0.05, 0) is 35.4 Å². The highest BCUT2D eigenvalue weighted by Crippen LogP contribution is 2.13. The number of anilines is 2. The number of aromatic nitrogens is 2. The van der Waals surface area contributed by atoms with E-state index >= 15 is 0 Å². The molecule has 0 bridgehead atoms. The number of rotatable bonds is 10. The zero-order valence-electron chi connectivity index (χ0n) is 22.9. The average Bonchev–Trinajstić information content (AvgIpc) is 2.93. The van der Waals surface area contributed by atoms with Crippen LogP contribution in [0.5, 0.6) is 0 Å². The molecule has 0 unspecified atom stereocenters. The monoisotopic (exact) mass is 502 g/mol. The van der Waals surface area contributed by atoms with E-state index in [-0.39, 0.29) is 0 Å². The molecule has 0 aliphatic carbocycles. The van der Waals surface area contributed by atoms with Crippen LogP contribution in [0.4, 0.5) is 11.4 Å². The lowest BCUT2D eigenvalue weighted by Gasteiger charge is -2.11. The fourth-order valence-electron chi connectivity index (χ4n) is 4.05. The Morgan fingerprint density at radius 1 is 0.474 bits per heavy atom. The summed E-state index contributed by atoms with van der Waals surface area (Å²) in [5.41, 5.74) is 7.39. The fraction of sp³-hybridized carbons (Fsp3) is 0.176. The van der Waals surface area contributed by atoms with Gasteiger partial charge in [0, 0.05) is 75.0 Å². The predicted octanol–water partition coefficient (Wildman–Crippen LogP) is 5.77. The Kier molecular flexibility index (Phi) is 9.25. The van der Waals surface area contributed by atoms with Crippen molar-refractivity contribution >= 4 is 23.5 Å². The SMILES string of the molecule is CN(C)c1ccc(C[n+]2ccc(/C=C/C=C/C=C/c3cc[n+](Cc4ccc(N(C)C)cc4)cc3)cc2)cc1. The lowest BCUT2D eigenvalue weighted by atomic mass is 10.2. The van der Waals surface area contributed by atoms with E-state index in [1.165, 1.54) is 33.6 Å². The van der Waals surface area contributed by atoms with E-state index in [1.54, 1.807) is 0 Å². The van der Waals surface area contributed by atoms with E-state index in [1.807, 2.05) is 0 Å². The van der Waals surface area contributed by atoms with Gasteiger partial charge in [0.1, 0.15) is 0 Å². The quantitative estimate of drug-likeness (QED) is 0.202. The lowest BCUT2D eigenvalue weighted by molar-refractivity contribution is -0.688. The highest BCUT2D eigenvalue weighted by atomic mass is 15.1. The zero-order valence-corrected chi connectivity index (χ0v) is 22.9. The third-order valence-corrected chi connectivity index (χ3v) is 6.38. The lowest BCUT2D eigenvalue weighted by Crippen LogP contribution is -2.33. The first-order chi connectivity index (χ1) is 18.5. The summed E-state index contributed by atoms with van der Waals surface area (Å²) in [4.78, 5) is 4.23. The smallest absolute Gasteiger partial charge is 0.173 e. The third kappa shape index (κ3) is 8.04. The van der Waals surface area contributed by atoms with Crippen molar-refractivity contribution < 1.29 is 9.13 Å². The van der Waals surface area contributed by atoms with Crippen LogP contribution < -0.4 is 18.9 Å². The number of benzene rings is 2. The molecule has 4 rings (SSSR count). The zero-order chi connectivity index (χ0) is 26.7. The van der Waals surface area contributed by atoms with Gasteiger partial charge in [0.2, 0.25) is 0 Å². The van der Waals surface area contributed by atoms with Gasteiger partial charge >= 0.3 is 0 Å². The van der Waals surface area contributed by atoms with Gasteiger partial charge in [-0.15, -0.1) is 0 Å². The molecule has 192 valence electrons. The van der Waals surface area contributed by atoms with Crippen LogP contribution in [-0.2, 0) is 13.1 Å². The van der Waals surface area contributed by atoms with Crippen molar-refractivity contribution in [2.45, 2.75) is 13.1 Å². The Morgan fingerprint density at radius 3 is 1.13 bits per heavy atom. The summed E-state index contributed by atoms with van der Waals surface area (Å²) in [6, 6.07) is 26.0. The first-order valence-corrected chi connectivity index (χ1v) is 13.0. The van der Waals surface area contributed by atoms with Crippen LogP contribution in [0.2, 0.25) is 0 Å². The van der Waals surface area contributed by atoms with Crippen LogP contribution in [0, 0.1) is 0 Å². The number of hydrogen-bond donors (Lipinski definition) is 0. The molecular weight excluding hydrogens is 464 g/mol. The van der Waals surface area contributed by atoms with Crippen molar-refractivity contribution in [1.29, 1.82) is 0 Å². The van der Waals surface area contributed by atoms with Gasteiger partial charge in [0.15, 0.2) is 37.9 Å². The normalized spacial score (nSPS) is 11.6. The number of allylic oxidation sites excluding steroid dienone is 4. The maximum Gasteiger partial charge on any atom is 0.173 e. The summed E-state index contributed by atoms with van der Waals surface area (Å²) in [5.74, 6) is 0. The van der Waals surface area contributed by atoms with Crippen molar-refractivity contribution in [3.05, 3.63) is 144 Å². The second kappa shape index (κ2) is 13.2. The summed E-state index contributed by atoms with van der Waals surface area (Å²) >= 11 is 0. The van der Waals surface area contributed by atoms with Gasteiger partial charge in [-0.3, -0.25) is 0 Å². The van der Waals surface area contributed by atoms with Crippen molar-refractivity contribution in [2.24, 2.45) is 0 Å². The maximum absolute atomic E-state index is 2.20. The molecule has 2 aromatic carbocycles. The molecule has 4 aromatic rings. The molecule has 0 aliphatic heterocycles. The molecular formula is C34H38N4+2. The molecule has 2 heterocycles. The largest absolute Gasteiger partial charge is 0.378 e. The molecule has 2 aromatic heterocycles. The highest BCUT2D eigenvalue weighted by molar-refractivity contribution is 5.52. The topological polar surface area (TPSA) is 14.2 Å². The molecule has 0 spiro atoms. The van der Waals surface area contributed by atoms with Gasteiger partial charge in [-0.1, -0.05) is 60.7 Å². The second-order valence-corrected chi connectivity index (χ2v) is 9.83. The van der Waals surface area contributed by atoms with Gasteiger partial charge in [0.05, 0.1) is 0 Å². The van der Waals surface area contributed by atoms with Crippen molar-refractivity contribution in [3.63, 3.8) is 0 Å². The third-order valence-electron chi connectivity index (χ3n) is 6.38. The van der Waals surface area contributed by atoms with Gasteiger partial charge in [-0.2, -0.15) is 0 Å². The van der Waals surface area contributed by atoms with Gasteiger partial charge in [0.25, 0.3) is 0 Å². The van der Waals surface area contributed by atoms with E-state index in [4.69, 9.17) is 0 Å². The molecule has 4 nitrogen and oxygen atoms in total. The standard InChI is InChI=1S/C34H38N4/c1-35(2)33-15-11-31(12-16-33)27-37-23-19-29(20-24-37)9-7-5-6-8-10-30-21-25-38(26-22-30)28-32-13-17-34(18-14-32)36(3)4/h5-26H,27-28H2,1-4H3/q+2/b6-5+,9-7+,10-8+. The average molecular weight is 503 g/mol.